The van der Waals surface area contributed by atoms with E-state index in [2.05, 4.69) is 27.7 Å². The third-order valence-corrected chi connectivity index (χ3v) is 5.73. The molecule has 0 radical (unpaired) electrons. The first kappa shape index (κ1) is 16.7. The zero-order valence-electron chi connectivity index (χ0n) is 14.0. The molecule has 0 aromatic heterocycles. The molecule has 0 spiro atoms. The van der Waals surface area contributed by atoms with Crippen molar-refractivity contribution >= 4 is 5.91 Å². The summed E-state index contributed by atoms with van der Waals surface area (Å²) >= 11 is 0. The van der Waals surface area contributed by atoms with Crippen molar-refractivity contribution in [2.45, 2.75) is 58.2 Å². The van der Waals surface area contributed by atoms with Crippen LogP contribution in [0.2, 0.25) is 0 Å². The van der Waals surface area contributed by atoms with Crippen molar-refractivity contribution in [2.24, 2.45) is 17.1 Å². The summed E-state index contributed by atoms with van der Waals surface area (Å²) in [5.41, 5.74) is 5.53. The third-order valence-electron chi connectivity index (χ3n) is 5.73. The second-order valence-electron chi connectivity index (χ2n) is 7.03. The van der Waals surface area contributed by atoms with Gasteiger partial charge in [0.15, 0.2) is 0 Å². The lowest BCUT2D eigenvalue weighted by Crippen LogP contribution is -2.80. The Labute approximate surface area is 128 Å². The van der Waals surface area contributed by atoms with Crippen molar-refractivity contribution in [2.75, 3.05) is 26.9 Å². The van der Waals surface area contributed by atoms with E-state index in [0.717, 1.165) is 12.8 Å². The maximum absolute atomic E-state index is 13.2. The van der Waals surface area contributed by atoms with Gasteiger partial charge < -0.3 is 20.1 Å². The van der Waals surface area contributed by atoms with E-state index in [-0.39, 0.29) is 29.4 Å². The van der Waals surface area contributed by atoms with Crippen molar-refractivity contribution < 1.29 is 14.3 Å². The Morgan fingerprint density at radius 3 is 2.76 bits per heavy atom. The van der Waals surface area contributed by atoms with E-state index in [4.69, 9.17) is 15.2 Å². The van der Waals surface area contributed by atoms with Gasteiger partial charge in [-0.3, -0.25) is 4.79 Å². The zero-order chi connectivity index (χ0) is 15.8. The van der Waals surface area contributed by atoms with Gasteiger partial charge in [-0.2, -0.15) is 0 Å². The fourth-order valence-electron chi connectivity index (χ4n) is 3.99. The average Bonchev–Trinajstić information content (AvgIpc) is 2.94. The molecule has 4 atom stereocenters. The van der Waals surface area contributed by atoms with Crippen LogP contribution in [0.15, 0.2) is 0 Å². The van der Waals surface area contributed by atoms with Crippen molar-refractivity contribution in [3.8, 4) is 0 Å². The first-order valence-corrected chi connectivity index (χ1v) is 8.02. The van der Waals surface area contributed by atoms with E-state index in [1.807, 2.05) is 4.90 Å². The van der Waals surface area contributed by atoms with Crippen LogP contribution in [0.25, 0.3) is 0 Å². The number of ether oxygens (including phenoxy) is 2. The molecule has 1 saturated carbocycles. The minimum atomic E-state index is -0.814. The van der Waals surface area contributed by atoms with Crippen molar-refractivity contribution in [1.82, 2.24) is 4.90 Å². The van der Waals surface area contributed by atoms with E-state index in [0.29, 0.717) is 19.8 Å². The van der Waals surface area contributed by atoms with E-state index < -0.39 is 5.54 Å². The number of fused-ring (bicyclic) bond motifs is 1. The summed E-state index contributed by atoms with van der Waals surface area (Å²) in [6, 6.07) is 0.172. The second-order valence-corrected chi connectivity index (χ2v) is 7.03. The van der Waals surface area contributed by atoms with Gasteiger partial charge in [0.2, 0.25) is 5.91 Å². The molecule has 122 valence electrons. The van der Waals surface area contributed by atoms with E-state index >= 15 is 0 Å². The molecule has 2 N–H and O–H groups in total. The number of hydrogen-bond donors (Lipinski definition) is 1. The van der Waals surface area contributed by atoms with Crippen LogP contribution >= 0.6 is 0 Å². The van der Waals surface area contributed by atoms with Gasteiger partial charge in [-0.15, -0.1) is 0 Å². The highest BCUT2D eigenvalue weighted by Gasteiger charge is 2.72. The van der Waals surface area contributed by atoms with Gasteiger partial charge in [0.25, 0.3) is 0 Å². The first-order chi connectivity index (χ1) is 9.82. The lowest BCUT2D eigenvalue weighted by molar-refractivity contribution is -0.186. The molecule has 1 aliphatic carbocycles. The molecule has 4 unspecified atom stereocenters. The molecule has 0 bridgehead atoms. The maximum Gasteiger partial charge on any atom is 0.244 e. The number of methoxy groups -OCH3 is 1. The Morgan fingerprint density at radius 1 is 1.52 bits per heavy atom. The van der Waals surface area contributed by atoms with E-state index in [1.54, 1.807) is 7.11 Å². The molecule has 0 aromatic carbocycles. The summed E-state index contributed by atoms with van der Waals surface area (Å²) in [5, 5.41) is 0. The van der Waals surface area contributed by atoms with Gasteiger partial charge in [-0.25, -0.2) is 0 Å². The highest BCUT2D eigenvalue weighted by molar-refractivity contribution is 5.90. The summed E-state index contributed by atoms with van der Waals surface area (Å²) in [6.07, 6.45) is 1.92. The van der Waals surface area contributed by atoms with Gasteiger partial charge in [0.1, 0.15) is 5.54 Å². The molecule has 1 saturated heterocycles. The van der Waals surface area contributed by atoms with Crippen LogP contribution < -0.4 is 5.73 Å². The van der Waals surface area contributed by atoms with Crippen LogP contribution in [0.5, 0.6) is 0 Å². The van der Waals surface area contributed by atoms with Crippen LogP contribution in [0.1, 0.15) is 40.5 Å². The van der Waals surface area contributed by atoms with Crippen LogP contribution in [0, 0.1) is 11.3 Å². The number of rotatable bonds is 6. The number of amides is 1. The van der Waals surface area contributed by atoms with Gasteiger partial charge in [-0.1, -0.05) is 20.8 Å². The standard InChI is InChI=1S/C16H30N2O3/c1-6-11(2)18(8-10-20-5)14(19)16(17)12-7-9-21-13(12)15(16,3)4/h11-13H,6-10,17H2,1-5H3. The predicted octanol–water partition coefficient (Wildman–Crippen LogP) is 1.40. The number of nitrogens with zero attached hydrogens (tertiary/aromatic N) is 1. The smallest absolute Gasteiger partial charge is 0.244 e. The summed E-state index contributed by atoms with van der Waals surface area (Å²) in [5.74, 6) is 0.208. The number of carbonyl (C=O) groups excluding carboxylic acids is 1. The lowest BCUT2D eigenvalue weighted by Gasteiger charge is -2.62. The first-order valence-electron chi connectivity index (χ1n) is 8.02. The fourth-order valence-corrected chi connectivity index (χ4v) is 3.99. The Bertz CT molecular complexity index is 399. The number of nitrogens with two attached hydrogens (primary N) is 1. The molecule has 2 aliphatic rings. The Kier molecular flexibility index (Phi) is 4.66. The molecule has 1 amide bonds. The number of carbonyl (C=O) groups is 1. The SMILES string of the molecule is CCC(C)N(CCOC)C(=O)C1(N)C2CCOC2C1(C)C. The summed E-state index contributed by atoms with van der Waals surface area (Å²) in [7, 11) is 1.66. The van der Waals surface area contributed by atoms with Gasteiger partial charge >= 0.3 is 0 Å². The Hall–Kier alpha value is -0.650. The Morgan fingerprint density at radius 2 is 2.19 bits per heavy atom. The molecule has 5 nitrogen and oxygen atoms in total. The summed E-state index contributed by atoms with van der Waals surface area (Å²) in [6.45, 7) is 10.1. The molecule has 2 fully saturated rings. The van der Waals surface area contributed by atoms with Crippen molar-refractivity contribution in [1.29, 1.82) is 0 Å². The summed E-state index contributed by atoms with van der Waals surface area (Å²) in [4.78, 5) is 15.1. The largest absolute Gasteiger partial charge is 0.383 e. The minimum absolute atomic E-state index is 0.0608. The molecule has 1 heterocycles. The van der Waals surface area contributed by atoms with Crippen LogP contribution in [0.3, 0.4) is 0 Å². The molecule has 21 heavy (non-hydrogen) atoms. The molecular formula is C16H30N2O3. The van der Waals surface area contributed by atoms with Gasteiger partial charge in [-0.05, 0) is 19.8 Å². The average molecular weight is 298 g/mol. The van der Waals surface area contributed by atoms with Crippen molar-refractivity contribution in [3.05, 3.63) is 0 Å². The highest BCUT2D eigenvalue weighted by atomic mass is 16.5. The van der Waals surface area contributed by atoms with Crippen LogP contribution in [-0.2, 0) is 14.3 Å². The minimum Gasteiger partial charge on any atom is -0.383 e. The number of hydrogen-bond acceptors (Lipinski definition) is 4. The molecule has 0 aromatic rings. The lowest BCUT2D eigenvalue weighted by atomic mass is 9.47. The third kappa shape index (κ3) is 2.30. The second kappa shape index (κ2) is 5.86. The molecule has 1 aliphatic heterocycles. The molecule has 2 rings (SSSR count). The fraction of sp³-hybridized carbons (Fsp3) is 0.938. The Balaban J connectivity index is 2.23. The van der Waals surface area contributed by atoms with Gasteiger partial charge in [0, 0.05) is 37.6 Å². The normalized spacial score (nSPS) is 35.0. The topological polar surface area (TPSA) is 64.8 Å². The summed E-state index contributed by atoms with van der Waals surface area (Å²) < 4.78 is 10.9. The maximum atomic E-state index is 13.2. The highest BCUT2D eigenvalue weighted by Crippen LogP contribution is 2.58. The quantitative estimate of drug-likeness (QED) is 0.805. The monoisotopic (exact) mass is 298 g/mol. The van der Waals surface area contributed by atoms with E-state index in [9.17, 15) is 4.79 Å². The van der Waals surface area contributed by atoms with Gasteiger partial charge in [0.05, 0.1) is 12.7 Å². The van der Waals surface area contributed by atoms with Crippen molar-refractivity contribution in [3.63, 3.8) is 0 Å². The molecule has 5 heteroatoms. The van der Waals surface area contributed by atoms with E-state index in [1.165, 1.54) is 0 Å². The van der Waals surface area contributed by atoms with Crippen LogP contribution in [0.4, 0.5) is 0 Å². The molecular weight excluding hydrogens is 268 g/mol. The van der Waals surface area contributed by atoms with Crippen LogP contribution in [-0.4, -0.2) is 55.4 Å². The predicted molar refractivity (Wildman–Crippen MR) is 81.9 cm³/mol. The zero-order valence-corrected chi connectivity index (χ0v) is 14.0.